The molecule has 0 aliphatic rings. The summed E-state index contributed by atoms with van der Waals surface area (Å²) in [6, 6.07) is -0.681. The number of carbonyl (C=O) groups is 2. The molecule has 0 radical (unpaired) electrons. The van der Waals surface area contributed by atoms with E-state index in [0.717, 1.165) is 11.3 Å². The number of amides is 1. The standard InChI is InChI=1S/C12H20N4O3/c1-8-10(7-16(3)15-8)5-13-6-11(12(18)19-4)14-9(2)17/h7,11,13H,5-6H2,1-4H3,(H,14,17). The van der Waals surface area contributed by atoms with Crippen LogP contribution in [0.4, 0.5) is 0 Å². The summed E-state index contributed by atoms with van der Waals surface area (Å²) >= 11 is 0. The second-order valence-electron chi connectivity index (χ2n) is 4.32. The number of rotatable bonds is 6. The van der Waals surface area contributed by atoms with Crippen molar-refractivity contribution in [3.8, 4) is 0 Å². The molecule has 1 aromatic heterocycles. The van der Waals surface area contributed by atoms with Gasteiger partial charge in [0.05, 0.1) is 12.8 Å². The van der Waals surface area contributed by atoms with E-state index in [1.165, 1.54) is 14.0 Å². The predicted molar refractivity (Wildman–Crippen MR) is 69.3 cm³/mol. The summed E-state index contributed by atoms with van der Waals surface area (Å²) in [5, 5.41) is 9.87. The van der Waals surface area contributed by atoms with Gasteiger partial charge >= 0.3 is 5.97 Å². The van der Waals surface area contributed by atoms with Gasteiger partial charge < -0.3 is 15.4 Å². The van der Waals surface area contributed by atoms with Gasteiger partial charge in [-0.05, 0) is 6.92 Å². The van der Waals surface area contributed by atoms with Crippen LogP contribution in [0, 0.1) is 6.92 Å². The Morgan fingerprint density at radius 1 is 1.53 bits per heavy atom. The summed E-state index contributed by atoms with van der Waals surface area (Å²) in [7, 11) is 3.15. The minimum absolute atomic E-state index is 0.269. The fraction of sp³-hybridized carbons (Fsp3) is 0.583. The quantitative estimate of drug-likeness (QED) is 0.679. The molecule has 1 amide bonds. The molecule has 1 heterocycles. The largest absolute Gasteiger partial charge is 0.467 e. The van der Waals surface area contributed by atoms with Gasteiger partial charge in [0.2, 0.25) is 5.91 Å². The van der Waals surface area contributed by atoms with Crippen molar-refractivity contribution in [2.24, 2.45) is 7.05 Å². The van der Waals surface area contributed by atoms with Gasteiger partial charge in [0.15, 0.2) is 0 Å². The second-order valence-corrected chi connectivity index (χ2v) is 4.32. The third kappa shape index (κ3) is 4.70. The highest BCUT2D eigenvalue weighted by atomic mass is 16.5. The summed E-state index contributed by atoms with van der Waals surface area (Å²) < 4.78 is 6.37. The molecule has 1 atom stereocenters. The van der Waals surface area contributed by atoms with Crippen molar-refractivity contribution in [3.63, 3.8) is 0 Å². The first kappa shape index (κ1) is 15.2. The van der Waals surface area contributed by atoms with Gasteiger partial charge in [-0.25, -0.2) is 4.79 Å². The Bertz CT molecular complexity index is 456. The first-order valence-corrected chi connectivity index (χ1v) is 5.98. The molecule has 2 N–H and O–H groups in total. The van der Waals surface area contributed by atoms with Crippen LogP contribution in [0.2, 0.25) is 0 Å². The SMILES string of the molecule is COC(=O)C(CNCc1cn(C)nc1C)NC(C)=O. The highest BCUT2D eigenvalue weighted by molar-refractivity contribution is 5.83. The lowest BCUT2D eigenvalue weighted by atomic mass is 10.2. The van der Waals surface area contributed by atoms with E-state index < -0.39 is 12.0 Å². The zero-order chi connectivity index (χ0) is 14.4. The molecule has 7 nitrogen and oxygen atoms in total. The number of nitrogens with one attached hydrogen (secondary N) is 2. The minimum atomic E-state index is -0.681. The topological polar surface area (TPSA) is 85.2 Å². The van der Waals surface area contributed by atoms with E-state index in [9.17, 15) is 9.59 Å². The lowest BCUT2D eigenvalue weighted by molar-refractivity contribution is -0.144. The van der Waals surface area contributed by atoms with E-state index in [4.69, 9.17) is 0 Å². The summed E-state index contributed by atoms with van der Waals surface area (Å²) in [6.07, 6.45) is 1.91. The number of hydrogen-bond acceptors (Lipinski definition) is 5. The molecule has 19 heavy (non-hydrogen) atoms. The number of esters is 1. The van der Waals surface area contributed by atoms with Crippen LogP contribution in [0.1, 0.15) is 18.2 Å². The van der Waals surface area contributed by atoms with E-state index in [1.54, 1.807) is 4.68 Å². The molecule has 0 aromatic carbocycles. The number of ether oxygens (including phenoxy) is 1. The van der Waals surface area contributed by atoms with Crippen molar-refractivity contribution in [2.75, 3.05) is 13.7 Å². The highest BCUT2D eigenvalue weighted by Crippen LogP contribution is 2.03. The van der Waals surface area contributed by atoms with Crippen LogP contribution in [0.5, 0.6) is 0 Å². The zero-order valence-electron chi connectivity index (χ0n) is 11.7. The summed E-state index contributed by atoms with van der Waals surface area (Å²) in [4.78, 5) is 22.5. The Hall–Kier alpha value is -1.89. The molecule has 1 rings (SSSR count). The molecule has 1 unspecified atom stereocenters. The van der Waals surface area contributed by atoms with E-state index in [2.05, 4.69) is 20.5 Å². The first-order chi connectivity index (χ1) is 8.93. The monoisotopic (exact) mass is 268 g/mol. The number of aromatic nitrogens is 2. The number of hydrogen-bond donors (Lipinski definition) is 2. The minimum Gasteiger partial charge on any atom is -0.467 e. The van der Waals surface area contributed by atoms with Crippen molar-refractivity contribution in [1.82, 2.24) is 20.4 Å². The average molecular weight is 268 g/mol. The van der Waals surface area contributed by atoms with Crippen molar-refractivity contribution in [2.45, 2.75) is 26.4 Å². The Morgan fingerprint density at radius 3 is 2.68 bits per heavy atom. The number of aryl methyl sites for hydroxylation is 2. The third-order valence-electron chi connectivity index (χ3n) is 2.64. The number of carbonyl (C=O) groups excluding carboxylic acids is 2. The van der Waals surface area contributed by atoms with Crippen LogP contribution in [-0.2, 0) is 27.9 Å². The third-order valence-corrected chi connectivity index (χ3v) is 2.64. The van der Waals surface area contributed by atoms with Crippen LogP contribution in [0.25, 0.3) is 0 Å². The highest BCUT2D eigenvalue weighted by Gasteiger charge is 2.19. The van der Waals surface area contributed by atoms with Gasteiger partial charge in [-0.3, -0.25) is 9.48 Å². The maximum absolute atomic E-state index is 11.5. The fourth-order valence-electron chi connectivity index (χ4n) is 1.75. The van der Waals surface area contributed by atoms with Gasteiger partial charge in [-0.15, -0.1) is 0 Å². The Kier molecular flexibility index (Phi) is 5.50. The maximum atomic E-state index is 11.5. The van der Waals surface area contributed by atoms with Crippen molar-refractivity contribution < 1.29 is 14.3 Å². The van der Waals surface area contributed by atoms with Gasteiger partial charge in [-0.2, -0.15) is 5.10 Å². The lowest BCUT2D eigenvalue weighted by Gasteiger charge is -2.15. The molecule has 0 saturated heterocycles. The molecule has 0 aliphatic heterocycles. The molecule has 0 saturated carbocycles. The predicted octanol–water partition coefficient (Wildman–Crippen LogP) is -0.504. The molecular formula is C12H20N4O3. The molecule has 0 aliphatic carbocycles. The zero-order valence-corrected chi connectivity index (χ0v) is 11.7. The number of methoxy groups -OCH3 is 1. The van der Waals surface area contributed by atoms with Crippen molar-refractivity contribution in [1.29, 1.82) is 0 Å². The summed E-state index contributed by atoms with van der Waals surface area (Å²) in [5.74, 6) is -0.736. The van der Waals surface area contributed by atoms with Crippen LogP contribution in [0.3, 0.4) is 0 Å². The Morgan fingerprint density at radius 2 is 2.21 bits per heavy atom. The van der Waals surface area contributed by atoms with Crippen LogP contribution >= 0.6 is 0 Å². The van der Waals surface area contributed by atoms with Gasteiger partial charge in [-0.1, -0.05) is 0 Å². The van der Waals surface area contributed by atoms with E-state index >= 15 is 0 Å². The number of nitrogens with zero attached hydrogens (tertiary/aromatic N) is 2. The van der Waals surface area contributed by atoms with Crippen molar-refractivity contribution >= 4 is 11.9 Å². The van der Waals surface area contributed by atoms with Gasteiger partial charge in [0.1, 0.15) is 6.04 Å². The van der Waals surface area contributed by atoms with Gasteiger partial charge in [0, 0.05) is 38.8 Å². The summed E-state index contributed by atoms with van der Waals surface area (Å²) in [6.45, 7) is 4.16. The molecule has 0 bridgehead atoms. The molecule has 0 fully saturated rings. The fourth-order valence-corrected chi connectivity index (χ4v) is 1.75. The summed E-state index contributed by atoms with van der Waals surface area (Å²) in [5.41, 5.74) is 1.98. The Labute approximate surface area is 112 Å². The van der Waals surface area contributed by atoms with Crippen LogP contribution < -0.4 is 10.6 Å². The molecule has 7 heteroatoms. The molecule has 0 spiro atoms. The maximum Gasteiger partial charge on any atom is 0.329 e. The second kappa shape index (κ2) is 6.89. The normalized spacial score (nSPS) is 12.0. The van der Waals surface area contributed by atoms with E-state index in [1.807, 2.05) is 20.2 Å². The van der Waals surface area contributed by atoms with Crippen molar-refractivity contribution in [3.05, 3.63) is 17.5 Å². The van der Waals surface area contributed by atoms with Gasteiger partial charge in [0.25, 0.3) is 0 Å². The smallest absolute Gasteiger partial charge is 0.329 e. The Balaban J connectivity index is 2.50. The first-order valence-electron chi connectivity index (χ1n) is 5.98. The lowest BCUT2D eigenvalue weighted by Crippen LogP contribution is -2.46. The van der Waals surface area contributed by atoms with E-state index in [0.29, 0.717) is 13.1 Å². The average Bonchev–Trinajstić information content (AvgIpc) is 2.65. The van der Waals surface area contributed by atoms with Crippen LogP contribution in [0.15, 0.2) is 6.20 Å². The molecular weight excluding hydrogens is 248 g/mol. The van der Waals surface area contributed by atoms with Crippen LogP contribution in [-0.4, -0.2) is 41.4 Å². The molecule has 106 valence electrons. The molecule has 1 aromatic rings. The van der Waals surface area contributed by atoms with E-state index in [-0.39, 0.29) is 5.91 Å².